The fourth-order valence-corrected chi connectivity index (χ4v) is 4.55. The van der Waals surface area contributed by atoms with Crippen molar-refractivity contribution < 1.29 is 22.8 Å². The van der Waals surface area contributed by atoms with Crippen molar-refractivity contribution >= 4 is 29.3 Å². The van der Waals surface area contributed by atoms with Crippen LogP contribution < -0.4 is 21.1 Å². The molecule has 1 saturated heterocycles. The van der Waals surface area contributed by atoms with Crippen LogP contribution >= 0.6 is 0 Å². The first kappa shape index (κ1) is 22.8. The number of halogens is 3. The Morgan fingerprint density at radius 2 is 1.88 bits per heavy atom. The van der Waals surface area contributed by atoms with Gasteiger partial charge in [0.05, 0.1) is 17.0 Å². The second-order valence-corrected chi connectivity index (χ2v) is 8.56. The molecule has 0 aliphatic carbocycles. The molecule has 2 aliphatic rings. The fraction of sp³-hybridized carbons (Fsp3) is 0.455. The Morgan fingerprint density at radius 1 is 1.18 bits per heavy atom. The number of hydrogen-bond acceptors (Lipinski definition) is 5. The normalized spacial score (nSPS) is 23.0. The van der Waals surface area contributed by atoms with Crippen molar-refractivity contribution in [2.24, 2.45) is 0 Å². The summed E-state index contributed by atoms with van der Waals surface area (Å²) in [5.74, 6) is -2.14. The van der Waals surface area contributed by atoms with E-state index in [-0.39, 0.29) is 35.6 Å². The predicted molar refractivity (Wildman–Crippen MR) is 116 cm³/mol. The number of amides is 2. The largest absolute Gasteiger partial charge is 0.416 e. The average Bonchev–Trinajstić information content (AvgIpc) is 2.72. The number of hydrogen-bond donors (Lipinski definition) is 3. The number of aromatic amines is 1. The lowest BCUT2D eigenvalue weighted by Crippen LogP contribution is -2.46. The SMILES string of the molecule is C[C@@H]1CCC[C@H](C)N1c1nc2c(c(=O)[nH]1)[C@H](C(=O)Nc1cccc(C(F)(F)F)c1)CC(=O)N2. The highest BCUT2D eigenvalue weighted by atomic mass is 19.4. The van der Waals surface area contributed by atoms with Crippen LogP contribution in [-0.2, 0) is 15.8 Å². The first-order valence-corrected chi connectivity index (χ1v) is 10.7. The summed E-state index contributed by atoms with van der Waals surface area (Å²) in [7, 11) is 0. The van der Waals surface area contributed by atoms with Gasteiger partial charge in [-0.15, -0.1) is 0 Å². The molecule has 0 unspecified atom stereocenters. The number of carbonyl (C=O) groups is 2. The Morgan fingerprint density at radius 3 is 2.55 bits per heavy atom. The molecule has 176 valence electrons. The molecule has 11 heteroatoms. The lowest BCUT2D eigenvalue weighted by atomic mass is 9.92. The third-order valence-corrected chi connectivity index (χ3v) is 6.15. The molecule has 0 saturated carbocycles. The summed E-state index contributed by atoms with van der Waals surface area (Å²) in [4.78, 5) is 47.4. The topological polar surface area (TPSA) is 107 Å². The molecule has 3 N–H and O–H groups in total. The lowest BCUT2D eigenvalue weighted by molar-refractivity contribution is -0.137. The van der Waals surface area contributed by atoms with E-state index in [0.717, 1.165) is 31.4 Å². The van der Waals surface area contributed by atoms with Crippen LogP contribution in [0.4, 0.5) is 30.6 Å². The first-order valence-electron chi connectivity index (χ1n) is 10.7. The molecule has 0 bridgehead atoms. The molecule has 4 rings (SSSR count). The van der Waals surface area contributed by atoms with Crippen LogP contribution in [0.2, 0.25) is 0 Å². The molecule has 3 heterocycles. The standard InChI is InChI=1S/C22H24F3N5O3/c1-11-5-3-6-12(2)30(11)21-28-18-17(20(33)29-21)15(10-16(31)27-18)19(32)26-14-8-4-7-13(9-14)22(23,24)25/h4,7-9,11-12,15H,3,5-6,10H2,1-2H3,(H,26,32)(H2,27,28,29,31,33)/t11-,12+,15-/m1/s1. The van der Waals surface area contributed by atoms with Gasteiger partial charge in [0, 0.05) is 24.2 Å². The van der Waals surface area contributed by atoms with Crippen molar-refractivity contribution in [1.82, 2.24) is 9.97 Å². The van der Waals surface area contributed by atoms with Crippen molar-refractivity contribution in [3.05, 3.63) is 45.7 Å². The van der Waals surface area contributed by atoms with E-state index >= 15 is 0 Å². The maximum atomic E-state index is 13.0. The summed E-state index contributed by atoms with van der Waals surface area (Å²) in [5, 5.41) is 4.96. The van der Waals surface area contributed by atoms with Gasteiger partial charge in [0.25, 0.3) is 5.56 Å². The Labute approximate surface area is 187 Å². The Bertz CT molecular complexity index is 1140. The molecule has 0 radical (unpaired) electrons. The second kappa shape index (κ2) is 8.53. The lowest BCUT2D eigenvalue weighted by Gasteiger charge is -2.39. The van der Waals surface area contributed by atoms with E-state index in [1.807, 2.05) is 18.7 Å². The quantitative estimate of drug-likeness (QED) is 0.645. The summed E-state index contributed by atoms with van der Waals surface area (Å²) in [6.07, 6.45) is -1.97. The summed E-state index contributed by atoms with van der Waals surface area (Å²) < 4.78 is 39.0. The molecule has 2 aromatic rings. The third kappa shape index (κ3) is 4.57. The zero-order chi connectivity index (χ0) is 23.9. The number of H-pyrrole nitrogens is 1. The minimum atomic E-state index is -4.57. The van der Waals surface area contributed by atoms with Crippen molar-refractivity contribution in [3.63, 3.8) is 0 Å². The van der Waals surface area contributed by atoms with Crippen molar-refractivity contribution in [1.29, 1.82) is 0 Å². The molecule has 1 aromatic heterocycles. The molecule has 2 aliphatic heterocycles. The molecule has 1 aromatic carbocycles. The zero-order valence-electron chi connectivity index (χ0n) is 18.1. The van der Waals surface area contributed by atoms with Crippen molar-refractivity contribution in [3.8, 4) is 0 Å². The summed E-state index contributed by atoms with van der Waals surface area (Å²) in [5.41, 5.74) is -1.58. The molecule has 3 atom stereocenters. The summed E-state index contributed by atoms with van der Waals surface area (Å²) in [6, 6.07) is 4.43. The highest BCUT2D eigenvalue weighted by Gasteiger charge is 2.37. The average molecular weight is 463 g/mol. The molecule has 33 heavy (non-hydrogen) atoms. The molecule has 0 spiro atoms. The third-order valence-electron chi connectivity index (χ3n) is 6.15. The van der Waals surface area contributed by atoms with E-state index < -0.39 is 35.0 Å². The number of anilines is 3. The van der Waals surface area contributed by atoms with Gasteiger partial charge in [0.1, 0.15) is 5.82 Å². The summed E-state index contributed by atoms with van der Waals surface area (Å²) in [6.45, 7) is 4.05. The molecule has 8 nitrogen and oxygen atoms in total. The van der Waals surface area contributed by atoms with Crippen LogP contribution in [0.25, 0.3) is 0 Å². The van der Waals surface area contributed by atoms with Crippen molar-refractivity contribution in [2.75, 3.05) is 15.5 Å². The molecule has 1 fully saturated rings. The molecular formula is C22H24F3N5O3. The number of fused-ring (bicyclic) bond motifs is 1. The van der Waals surface area contributed by atoms with Gasteiger partial charge in [-0.2, -0.15) is 18.2 Å². The highest BCUT2D eigenvalue weighted by molar-refractivity contribution is 6.04. The monoisotopic (exact) mass is 463 g/mol. The Kier molecular flexibility index (Phi) is 5.89. The van der Waals surface area contributed by atoms with Crippen molar-refractivity contribution in [2.45, 2.75) is 63.7 Å². The van der Waals surface area contributed by atoms with Crippen LogP contribution in [0, 0.1) is 0 Å². The number of alkyl halides is 3. The number of aromatic nitrogens is 2. The number of rotatable bonds is 3. The van der Waals surface area contributed by atoms with Gasteiger partial charge < -0.3 is 15.5 Å². The summed E-state index contributed by atoms with van der Waals surface area (Å²) >= 11 is 0. The maximum Gasteiger partial charge on any atom is 0.416 e. The molecular weight excluding hydrogens is 439 g/mol. The van der Waals surface area contributed by atoms with Crippen LogP contribution in [-0.4, -0.2) is 33.9 Å². The zero-order valence-corrected chi connectivity index (χ0v) is 18.1. The van der Waals surface area contributed by atoms with Gasteiger partial charge in [-0.05, 0) is 51.3 Å². The number of benzene rings is 1. The van der Waals surface area contributed by atoms with Gasteiger partial charge in [0.2, 0.25) is 17.8 Å². The van der Waals surface area contributed by atoms with E-state index in [9.17, 15) is 27.6 Å². The van der Waals surface area contributed by atoms with Gasteiger partial charge in [-0.3, -0.25) is 19.4 Å². The smallest absolute Gasteiger partial charge is 0.337 e. The minimum Gasteiger partial charge on any atom is -0.337 e. The van der Waals surface area contributed by atoms with Crippen LogP contribution in [0.15, 0.2) is 29.1 Å². The number of piperidine rings is 1. The number of nitrogens with zero attached hydrogens (tertiary/aromatic N) is 2. The van der Waals surface area contributed by atoms with E-state index in [4.69, 9.17) is 0 Å². The minimum absolute atomic E-state index is 0.000772. The van der Waals surface area contributed by atoms with E-state index in [2.05, 4.69) is 20.6 Å². The number of carbonyl (C=O) groups excluding carboxylic acids is 2. The predicted octanol–water partition coefficient (Wildman–Crippen LogP) is 3.62. The molecule has 2 amide bonds. The first-order chi connectivity index (χ1) is 15.5. The van der Waals surface area contributed by atoms with Gasteiger partial charge in [0.15, 0.2) is 0 Å². The van der Waals surface area contributed by atoms with Gasteiger partial charge >= 0.3 is 6.18 Å². The number of nitrogens with one attached hydrogen (secondary N) is 3. The van der Waals surface area contributed by atoms with E-state index in [0.29, 0.717) is 5.95 Å². The highest BCUT2D eigenvalue weighted by Crippen LogP contribution is 2.34. The maximum absolute atomic E-state index is 13.0. The van der Waals surface area contributed by atoms with Crippen LogP contribution in [0.3, 0.4) is 0 Å². The van der Waals surface area contributed by atoms with Crippen LogP contribution in [0.1, 0.15) is 56.6 Å². The second-order valence-electron chi connectivity index (χ2n) is 8.56. The van der Waals surface area contributed by atoms with E-state index in [1.54, 1.807) is 0 Å². The van der Waals surface area contributed by atoms with E-state index in [1.165, 1.54) is 12.1 Å². The van der Waals surface area contributed by atoms with Gasteiger partial charge in [-0.25, -0.2) is 0 Å². The Balaban J connectivity index is 1.65. The Hall–Kier alpha value is -3.37. The van der Waals surface area contributed by atoms with Crippen LogP contribution in [0.5, 0.6) is 0 Å². The fourth-order valence-electron chi connectivity index (χ4n) is 4.55. The van der Waals surface area contributed by atoms with Gasteiger partial charge in [-0.1, -0.05) is 6.07 Å².